The number of fused-ring (bicyclic) bond motifs is 1. The third-order valence-corrected chi connectivity index (χ3v) is 3.82. The van der Waals surface area contributed by atoms with Gasteiger partial charge in [-0.15, -0.1) is 0 Å². The molecule has 0 radical (unpaired) electrons. The van der Waals surface area contributed by atoms with Gasteiger partial charge in [-0.1, -0.05) is 25.3 Å². The van der Waals surface area contributed by atoms with Gasteiger partial charge in [-0.05, 0) is 30.5 Å². The summed E-state index contributed by atoms with van der Waals surface area (Å²) >= 11 is 0. The number of H-pyrrole nitrogens is 1. The molecule has 0 saturated heterocycles. The lowest BCUT2D eigenvalue weighted by atomic mass is 9.95. The first kappa shape index (κ1) is 13.0. The van der Waals surface area contributed by atoms with Crippen LogP contribution in [-0.4, -0.2) is 16.9 Å². The van der Waals surface area contributed by atoms with Crippen LogP contribution in [-0.2, 0) is 11.2 Å². The number of oxazole rings is 1. The molecule has 20 heavy (non-hydrogen) atoms. The molecule has 0 aliphatic heterocycles. The maximum absolute atomic E-state index is 12.0. The maximum Gasteiger partial charge on any atom is 0.417 e. The molecule has 3 rings (SSSR count). The van der Waals surface area contributed by atoms with E-state index < -0.39 is 5.76 Å². The Morgan fingerprint density at radius 3 is 2.90 bits per heavy atom. The van der Waals surface area contributed by atoms with Crippen molar-refractivity contribution in [2.75, 3.05) is 0 Å². The van der Waals surface area contributed by atoms with Crippen LogP contribution in [0.1, 0.15) is 37.7 Å². The summed E-state index contributed by atoms with van der Waals surface area (Å²) in [6.45, 7) is 0. The van der Waals surface area contributed by atoms with Gasteiger partial charge in [0.1, 0.15) is 0 Å². The van der Waals surface area contributed by atoms with E-state index in [1.165, 1.54) is 19.3 Å². The first-order valence-electron chi connectivity index (χ1n) is 7.12. The van der Waals surface area contributed by atoms with Gasteiger partial charge in [-0.2, -0.15) is 0 Å². The predicted octanol–water partition coefficient (Wildman–Crippen LogP) is 2.11. The highest BCUT2D eigenvalue weighted by atomic mass is 16.4. The molecule has 1 heterocycles. The molecular formula is C15H18N2O3. The normalized spacial score (nSPS) is 16.4. The fourth-order valence-corrected chi connectivity index (χ4v) is 2.82. The van der Waals surface area contributed by atoms with Gasteiger partial charge in [-0.25, -0.2) is 4.79 Å². The lowest BCUT2D eigenvalue weighted by molar-refractivity contribution is -0.121. The molecule has 0 atom stereocenters. The Labute approximate surface area is 116 Å². The van der Waals surface area contributed by atoms with Crippen LogP contribution in [0.3, 0.4) is 0 Å². The summed E-state index contributed by atoms with van der Waals surface area (Å²) in [5, 5.41) is 3.09. The highest BCUT2D eigenvalue weighted by Gasteiger charge is 2.16. The number of aromatic amines is 1. The number of carbonyl (C=O) groups is 1. The average Bonchev–Trinajstić information content (AvgIpc) is 2.79. The second-order valence-electron chi connectivity index (χ2n) is 5.42. The first-order chi connectivity index (χ1) is 9.70. The smallest absolute Gasteiger partial charge is 0.408 e. The summed E-state index contributed by atoms with van der Waals surface area (Å²) in [6, 6.07) is 5.66. The number of hydrogen-bond acceptors (Lipinski definition) is 3. The minimum atomic E-state index is -0.469. The molecule has 1 aliphatic rings. The van der Waals surface area contributed by atoms with Crippen molar-refractivity contribution in [2.45, 2.75) is 44.6 Å². The van der Waals surface area contributed by atoms with E-state index in [0.717, 1.165) is 18.4 Å². The standard InChI is InChI=1S/C15H18N2O3/c18-14(16-11-4-2-1-3-5-11)9-10-6-7-13-12(8-10)17-15(19)20-13/h6-8,11H,1-5,9H2,(H,16,18)(H,17,19). The lowest BCUT2D eigenvalue weighted by Gasteiger charge is -2.22. The third kappa shape index (κ3) is 2.92. The molecular weight excluding hydrogens is 256 g/mol. The largest absolute Gasteiger partial charge is 0.417 e. The number of aromatic nitrogens is 1. The first-order valence-corrected chi connectivity index (χ1v) is 7.12. The minimum Gasteiger partial charge on any atom is -0.408 e. The molecule has 1 aliphatic carbocycles. The van der Waals surface area contributed by atoms with Crippen LogP contribution in [0.5, 0.6) is 0 Å². The van der Waals surface area contributed by atoms with Crippen molar-refractivity contribution in [3.63, 3.8) is 0 Å². The molecule has 1 amide bonds. The zero-order chi connectivity index (χ0) is 13.9. The number of carbonyl (C=O) groups excluding carboxylic acids is 1. The Bertz CT molecular complexity index is 665. The molecule has 0 bridgehead atoms. The number of hydrogen-bond donors (Lipinski definition) is 2. The number of rotatable bonds is 3. The van der Waals surface area contributed by atoms with Gasteiger partial charge in [-0.3, -0.25) is 9.78 Å². The molecule has 2 aromatic rings. The minimum absolute atomic E-state index is 0.0436. The highest BCUT2D eigenvalue weighted by Crippen LogP contribution is 2.18. The van der Waals surface area contributed by atoms with Crippen LogP contribution in [0.25, 0.3) is 11.1 Å². The van der Waals surface area contributed by atoms with Gasteiger partial charge in [0, 0.05) is 6.04 Å². The summed E-state index contributed by atoms with van der Waals surface area (Å²) in [4.78, 5) is 25.7. The van der Waals surface area contributed by atoms with E-state index in [-0.39, 0.29) is 5.91 Å². The maximum atomic E-state index is 12.0. The van der Waals surface area contributed by atoms with Gasteiger partial charge < -0.3 is 9.73 Å². The second kappa shape index (κ2) is 5.53. The fraction of sp³-hybridized carbons (Fsp3) is 0.467. The molecule has 1 aromatic carbocycles. The van der Waals surface area contributed by atoms with Crippen LogP contribution >= 0.6 is 0 Å². The van der Waals surface area contributed by atoms with Gasteiger partial charge in [0.15, 0.2) is 5.58 Å². The van der Waals surface area contributed by atoms with E-state index in [1.807, 2.05) is 6.07 Å². The SMILES string of the molecule is O=C(Cc1ccc2oc(=O)[nH]c2c1)NC1CCCCC1. The summed E-state index contributed by atoms with van der Waals surface area (Å²) in [5.41, 5.74) is 2.03. The average molecular weight is 274 g/mol. The monoisotopic (exact) mass is 274 g/mol. The van der Waals surface area contributed by atoms with Crippen molar-refractivity contribution in [1.82, 2.24) is 10.3 Å². The summed E-state index contributed by atoms with van der Waals surface area (Å²) < 4.78 is 4.94. The van der Waals surface area contributed by atoms with Crippen LogP contribution in [0.2, 0.25) is 0 Å². The molecule has 1 aromatic heterocycles. The molecule has 2 N–H and O–H groups in total. The van der Waals surface area contributed by atoms with Crippen molar-refractivity contribution in [2.24, 2.45) is 0 Å². The Balaban J connectivity index is 1.65. The van der Waals surface area contributed by atoms with Crippen molar-refractivity contribution >= 4 is 17.0 Å². The predicted molar refractivity (Wildman–Crippen MR) is 75.6 cm³/mol. The van der Waals surface area contributed by atoms with Crippen LogP contribution in [0, 0.1) is 0 Å². The van der Waals surface area contributed by atoms with Crippen LogP contribution in [0.15, 0.2) is 27.4 Å². The van der Waals surface area contributed by atoms with E-state index in [4.69, 9.17) is 4.42 Å². The quantitative estimate of drug-likeness (QED) is 0.900. The molecule has 1 saturated carbocycles. The Hall–Kier alpha value is -2.04. The van der Waals surface area contributed by atoms with E-state index in [1.54, 1.807) is 12.1 Å². The summed E-state index contributed by atoms with van der Waals surface area (Å²) in [5.74, 6) is -0.425. The molecule has 5 heteroatoms. The topological polar surface area (TPSA) is 75.1 Å². The van der Waals surface area contributed by atoms with Gasteiger partial charge >= 0.3 is 5.76 Å². The van der Waals surface area contributed by atoms with Crippen LogP contribution < -0.4 is 11.1 Å². The van der Waals surface area contributed by atoms with E-state index >= 15 is 0 Å². The van der Waals surface area contributed by atoms with Gasteiger partial charge in [0.2, 0.25) is 5.91 Å². The zero-order valence-electron chi connectivity index (χ0n) is 11.3. The van der Waals surface area contributed by atoms with Crippen molar-refractivity contribution in [3.8, 4) is 0 Å². The molecule has 106 valence electrons. The third-order valence-electron chi connectivity index (χ3n) is 3.82. The molecule has 1 fully saturated rings. The lowest BCUT2D eigenvalue weighted by Crippen LogP contribution is -2.37. The van der Waals surface area contributed by atoms with E-state index in [2.05, 4.69) is 10.3 Å². The van der Waals surface area contributed by atoms with Crippen molar-refractivity contribution in [1.29, 1.82) is 0 Å². The van der Waals surface area contributed by atoms with Crippen molar-refractivity contribution < 1.29 is 9.21 Å². The summed E-state index contributed by atoms with van der Waals surface area (Å²) in [6.07, 6.45) is 6.18. The van der Waals surface area contributed by atoms with Crippen LogP contribution in [0.4, 0.5) is 0 Å². The number of nitrogens with one attached hydrogen (secondary N) is 2. The molecule has 5 nitrogen and oxygen atoms in total. The molecule has 0 spiro atoms. The fourth-order valence-electron chi connectivity index (χ4n) is 2.82. The highest BCUT2D eigenvalue weighted by molar-refractivity contribution is 5.81. The van der Waals surface area contributed by atoms with Gasteiger partial charge in [0.05, 0.1) is 11.9 Å². The second-order valence-corrected chi connectivity index (χ2v) is 5.42. The Morgan fingerprint density at radius 1 is 1.30 bits per heavy atom. The van der Waals surface area contributed by atoms with Crippen molar-refractivity contribution in [3.05, 3.63) is 34.3 Å². The Kier molecular flexibility index (Phi) is 3.58. The summed E-state index contributed by atoms with van der Waals surface area (Å²) in [7, 11) is 0. The number of amides is 1. The molecule has 0 unspecified atom stereocenters. The zero-order valence-corrected chi connectivity index (χ0v) is 11.3. The Morgan fingerprint density at radius 2 is 2.10 bits per heavy atom. The van der Waals surface area contributed by atoms with E-state index in [9.17, 15) is 9.59 Å². The van der Waals surface area contributed by atoms with E-state index in [0.29, 0.717) is 23.6 Å². The van der Waals surface area contributed by atoms with Gasteiger partial charge in [0.25, 0.3) is 0 Å². The number of benzene rings is 1.